The maximum Gasteiger partial charge on any atom is 0.0991 e. The van der Waals surface area contributed by atoms with E-state index in [4.69, 9.17) is 5.26 Å². The van der Waals surface area contributed by atoms with E-state index in [1.54, 1.807) is 0 Å². The summed E-state index contributed by atoms with van der Waals surface area (Å²) in [5.74, 6) is 0.474. The first-order valence-corrected chi connectivity index (χ1v) is 7.21. The molecule has 2 aliphatic rings. The zero-order chi connectivity index (χ0) is 14.7. The minimum Gasteiger partial charge on any atom is -0.192 e. The van der Waals surface area contributed by atoms with Crippen LogP contribution in [0, 0.1) is 17.2 Å². The summed E-state index contributed by atoms with van der Waals surface area (Å²) in [6.07, 6.45) is 15.1. The molecule has 1 aromatic carbocycles. The highest BCUT2D eigenvalue weighted by Gasteiger charge is 2.18. The van der Waals surface area contributed by atoms with Crippen molar-refractivity contribution in [2.24, 2.45) is 5.92 Å². The molecule has 1 heteroatoms. The quantitative estimate of drug-likeness (QED) is 0.784. The van der Waals surface area contributed by atoms with Crippen molar-refractivity contribution in [3.8, 4) is 6.07 Å². The number of fused-ring (bicyclic) bond motifs is 1. The molecular weight excluding hydrogens is 254 g/mol. The van der Waals surface area contributed by atoms with Crippen LogP contribution in [-0.4, -0.2) is 0 Å². The number of hydrogen-bond acceptors (Lipinski definition) is 1. The topological polar surface area (TPSA) is 23.8 Å². The second-order valence-corrected chi connectivity index (χ2v) is 5.42. The van der Waals surface area contributed by atoms with Crippen LogP contribution < -0.4 is 0 Å². The Morgan fingerprint density at radius 1 is 1.19 bits per heavy atom. The molecule has 0 spiro atoms. The number of nitrogens with zero attached hydrogens (tertiary/aromatic N) is 1. The van der Waals surface area contributed by atoms with E-state index in [0.717, 1.165) is 12.8 Å². The predicted molar refractivity (Wildman–Crippen MR) is 86.6 cm³/mol. The highest BCUT2D eigenvalue weighted by molar-refractivity contribution is 5.51. The molecule has 1 nitrogen and oxygen atoms in total. The van der Waals surface area contributed by atoms with E-state index in [-0.39, 0.29) is 0 Å². The van der Waals surface area contributed by atoms with Crippen molar-refractivity contribution in [2.75, 3.05) is 0 Å². The lowest BCUT2D eigenvalue weighted by Gasteiger charge is -2.23. The summed E-state index contributed by atoms with van der Waals surface area (Å²) in [4.78, 5) is 0. The van der Waals surface area contributed by atoms with Crippen LogP contribution in [0.4, 0.5) is 0 Å². The van der Waals surface area contributed by atoms with Crippen LogP contribution in [0.5, 0.6) is 0 Å². The van der Waals surface area contributed by atoms with Gasteiger partial charge in [-0.2, -0.15) is 5.26 Å². The van der Waals surface area contributed by atoms with Gasteiger partial charge in [0, 0.05) is 5.92 Å². The van der Waals surface area contributed by atoms with Crippen LogP contribution in [0.15, 0.2) is 84.0 Å². The Morgan fingerprint density at radius 3 is 2.71 bits per heavy atom. The molecule has 102 valence electrons. The summed E-state index contributed by atoms with van der Waals surface area (Å²) in [6, 6.07) is 9.99. The van der Waals surface area contributed by atoms with E-state index in [1.807, 2.05) is 30.3 Å². The first kappa shape index (κ1) is 13.4. The van der Waals surface area contributed by atoms with Crippen LogP contribution in [0.25, 0.3) is 0 Å². The van der Waals surface area contributed by atoms with Crippen molar-refractivity contribution in [1.29, 1.82) is 5.26 Å². The number of nitriles is 1. The van der Waals surface area contributed by atoms with Crippen molar-refractivity contribution in [3.05, 3.63) is 95.1 Å². The summed E-state index contributed by atoms with van der Waals surface area (Å²) < 4.78 is 0. The number of allylic oxidation sites excluding steroid dienone is 9. The first-order chi connectivity index (χ1) is 10.3. The molecule has 21 heavy (non-hydrogen) atoms. The van der Waals surface area contributed by atoms with Crippen molar-refractivity contribution in [2.45, 2.75) is 12.8 Å². The summed E-state index contributed by atoms with van der Waals surface area (Å²) in [5.41, 5.74) is 5.90. The van der Waals surface area contributed by atoms with Gasteiger partial charge in [-0.3, -0.25) is 0 Å². The van der Waals surface area contributed by atoms with Crippen molar-refractivity contribution < 1.29 is 0 Å². The summed E-state index contributed by atoms with van der Waals surface area (Å²) >= 11 is 0. The second kappa shape index (κ2) is 5.81. The van der Waals surface area contributed by atoms with Crippen LogP contribution in [0.3, 0.4) is 0 Å². The van der Waals surface area contributed by atoms with Gasteiger partial charge in [0.15, 0.2) is 0 Å². The zero-order valence-electron chi connectivity index (χ0n) is 11.9. The van der Waals surface area contributed by atoms with Crippen LogP contribution in [0.1, 0.15) is 17.5 Å². The van der Waals surface area contributed by atoms with E-state index in [9.17, 15) is 0 Å². The molecule has 1 atom stereocenters. The maximum atomic E-state index is 8.84. The Balaban J connectivity index is 1.80. The molecule has 0 aliphatic heterocycles. The van der Waals surface area contributed by atoms with Gasteiger partial charge in [-0.05, 0) is 47.3 Å². The van der Waals surface area contributed by atoms with Crippen LogP contribution in [0.2, 0.25) is 0 Å². The molecule has 3 rings (SSSR count). The molecule has 1 aromatic rings. The van der Waals surface area contributed by atoms with Gasteiger partial charge < -0.3 is 0 Å². The Hall–Kier alpha value is -2.59. The molecule has 0 N–H and O–H groups in total. The van der Waals surface area contributed by atoms with E-state index in [1.165, 1.54) is 22.3 Å². The van der Waals surface area contributed by atoms with E-state index in [2.05, 4.69) is 43.0 Å². The Morgan fingerprint density at radius 2 is 2.00 bits per heavy atom. The normalized spacial score (nSPS) is 19.8. The molecule has 0 saturated carbocycles. The smallest absolute Gasteiger partial charge is 0.0991 e. The maximum absolute atomic E-state index is 8.84. The largest absolute Gasteiger partial charge is 0.192 e. The molecule has 0 aromatic heterocycles. The number of rotatable bonds is 3. The molecule has 0 heterocycles. The average molecular weight is 271 g/mol. The highest BCUT2D eigenvalue weighted by atomic mass is 14.2. The molecular formula is C20H17N. The fourth-order valence-corrected chi connectivity index (χ4v) is 2.90. The highest BCUT2D eigenvalue weighted by Crippen LogP contribution is 2.33. The fourth-order valence-electron chi connectivity index (χ4n) is 2.90. The van der Waals surface area contributed by atoms with Gasteiger partial charge >= 0.3 is 0 Å². The number of hydrogen-bond donors (Lipinski definition) is 0. The van der Waals surface area contributed by atoms with Gasteiger partial charge in [0.2, 0.25) is 0 Å². The molecule has 0 bridgehead atoms. The van der Waals surface area contributed by atoms with E-state index >= 15 is 0 Å². The lowest BCUT2D eigenvalue weighted by Crippen LogP contribution is -2.09. The third kappa shape index (κ3) is 2.80. The monoisotopic (exact) mass is 271 g/mol. The van der Waals surface area contributed by atoms with Gasteiger partial charge in [-0.15, -0.1) is 0 Å². The predicted octanol–water partition coefficient (Wildman–Crippen LogP) is 4.66. The van der Waals surface area contributed by atoms with Crippen molar-refractivity contribution >= 4 is 0 Å². The Kier molecular flexibility index (Phi) is 3.71. The first-order valence-electron chi connectivity index (χ1n) is 7.21. The van der Waals surface area contributed by atoms with Gasteiger partial charge in [0.1, 0.15) is 0 Å². The van der Waals surface area contributed by atoms with Crippen molar-refractivity contribution in [3.63, 3.8) is 0 Å². The van der Waals surface area contributed by atoms with E-state index in [0.29, 0.717) is 11.5 Å². The van der Waals surface area contributed by atoms with Crippen molar-refractivity contribution in [1.82, 2.24) is 0 Å². The fraction of sp³-hybridized carbons (Fsp3) is 0.150. The van der Waals surface area contributed by atoms with Gasteiger partial charge in [0.05, 0.1) is 11.6 Å². The summed E-state index contributed by atoms with van der Waals surface area (Å²) in [5, 5.41) is 8.84. The molecule has 0 amide bonds. The van der Waals surface area contributed by atoms with Gasteiger partial charge in [-0.1, -0.05) is 55.2 Å². The van der Waals surface area contributed by atoms with Gasteiger partial charge in [-0.25, -0.2) is 0 Å². The SMILES string of the molecule is C=CC1=C2C=CC(Cc3ccc(C#N)cc3)=CC2CC=C1. The summed E-state index contributed by atoms with van der Waals surface area (Å²) in [7, 11) is 0. The van der Waals surface area contributed by atoms with Gasteiger partial charge in [0.25, 0.3) is 0 Å². The average Bonchev–Trinajstić information content (AvgIpc) is 2.54. The number of benzene rings is 1. The molecule has 0 radical (unpaired) electrons. The minimum atomic E-state index is 0.474. The van der Waals surface area contributed by atoms with Crippen LogP contribution >= 0.6 is 0 Å². The lowest BCUT2D eigenvalue weighted by atomic mass is 9.81. The third-order valence-electron chi connectivity index (χ3n) is 4.02. The second-order valence-electron chi connectivity index (χ2n) is 5.42. The third-order valence-corrected chi connectivity index (χ3v) is 4.02. The lowest BCUT2D eigenvalue weighted by molar-refractivity contribution is 0.762. The molecule has 1 unspecified atom stereocenters. The molecule has 0 fully saturated rings. The molecule has 0 saturated heterocycles. The Labute approximate surface area is 125 Å². The summed E-state index contributed by atoms with van der Waals surface area (Å²) in [6.45, 7) is 3.89. The minimum absolute atomic E-state index is 0.474. The van der Waals surface area contributed by atoms with E-state index < -0.39 is 0 Å². The standard InChI is InChI=1S/C20H17N/c1-2-18-4-3-5-19-13-17(10-11-20(18)19)12-15-6-8-16(14-21)9-7-15/h2-4,6-11,13,19H,1,5,12H2. The Bertz CT molecular complexity index is 718. The van der Waals surface area contributed by atoms with Crippen LogP contribution in [-0.2, 0) is 6.42 Å². The molecule has 2 aliphatic carbocycles. The zero-order valence-corrected chi connectivity index (χ0v) is 11.9.